The van der Waals surface area contributed by atoms with Crippen molar-refractivity contribution in [1.82, 2.24) is 10.6 Å². The van der Waals surface area contributed by atoms with E-state index in [1.807, 2.05) is 38.1 Å². The number of halogens is 1. The van der Waals surface area contributed by atoms with Gasteiger partial charge in [-0.25, -0.2) is 0 Å². The summed E-state index contributed by atoms with van der Waals surface area (Å²) in [4.78, 5) is 4.46. The molecule has 0 unspecified atom stereocenters. The molecule has 138 valence electrons. The third-order valence-corrected chi connectivity index (χ3v) is 3.46. The molecule has 6 heteroatoms. The van der Waals surface area contributed by atoms with Crippen molar-refractivity contribution < 1.29 is 9.47 Å². The molecule has 2 aromatic carbocycles. The van der Waals surface area contributed by atoms with Crippen LogP contribution < -0.4 is 15.4 Å². The number of rotatable bonds is 9. The van der Waals surface area contributed by atoms with Crippen LogP contribution >= 0.6 is 24.0 Å². The van der Waals surface area contributed by atoms with E-state index in [1.54, 1.807) is 0 Å². The molecule has 5 nitrogen and oxygen atoms in total. The summed E-state index contributed by atoms with van der Waals surface area (Å²) in [5.74, 6) is 1.70. The largest absolute Gasteiger partial charge is 0.491 e. The van der Waals surface area contributed by atoms with E-state index in [4.69, 9.17) is 9.47 Å². The van der Waals surface area contributed by atoms with Crippen molar-refractivity contribution in [2.24, 2.45) is 4.99 Å². The highest BCUT2D eigenvalue weighted by Crippen LogP contribution is 2.24. The van der Waals surface area contributed by atoms with Crippen molar-refractivity contribution in [3.8, 4) is 5.75 Å². The van der Waals surface area contributed by atoms with Crippen molar-refractivity contribution in [2.75, 3.05) is 39.5 Å². The Bertz CT molecular complexity index is 644. The Kier molecular flexibility index (Phi) is 11.0. The van der Waals surface area contributed by atoms with E-state index in [-0.39, 0.29) is 24.0 Å². The Balaban J connectivity index is 0.00000312. The van der Waals surface area contributed by atoms with Gasteiger partial charge in [-0.2, -0.15) is 0 Å². The summed E-state index contributed by atoms with van der Waals surface area (Å²) in [6.45, 7) is 8.12. The second kappa shape index (κ2) is 12.8. The lowest BCUT2D eigenvalue weighted by atomic mass is 10.1. The Labute approximate surface area is 167 Å². The molecule has 2 rings (SSSR count). The molecule has 0 radical (unpaired) electrons. The monoisotopic (exact) mass is 457 g/mol. The smallest absolute Gasteiger partial charge is 0.191 e. The van der Waals surface area contributed by atoms with Gasteiger partial charge in [0.15, 0.2) is 5.96 Å². The van der Waals surface area contributed by atoms with Crippen molar-refractivity contribution in [3.63, 3.8) is 0 Å². The van der Waals surface area contributed by atoms with Crippen LogP contribution in [0, 0.1) is 0 Å². The van der Waals surface area contributed by atoms with Crippen LogP contribution in [0.5, 0.6) is 5.75 Å². The molecule has 0 saturated heterocycles. The van der Waals surface area contributed by atoms with Crippen LogP contribution in [-0.2, 0) is 4.74 Å². The standard InChI is InChI=1S/C19H27N3O2.HI/c1-3-20-19(21-12-14-23-4-2)22-13-15-24-18-11-7-9-16-8-5-6-10-17(16)18;/h5-11H,3-4,12-15H2,1-2H3,(H2,20,21,22);1H. The average molecular weight is 457 g/mol. The number of nitrogens with one attached hydrogen (secondary N) is 2. The first-order valence-corrected chi connectivity index (χ1v) is 8.55. The molecule has 0 amide bonds. The van der Waals surface area contributed by atoms with Gasteiger partial charge in [-0.15, -0.1) is 24.0 Å². The molecule has 0 saturated carbocycles. The summed E-state index contributed by atoms with van der Waals surface area (Å²) < 4.78 is 11.2. The number of hydrogen-bond donors (Lipinski definition) is 2. The number of benzene rings is 2. The molecule has 0 aliphatic rings. The molecule has 0 bridgehead atoms. The molecule has 0 fully saturated rings. The second-order valence-electron chi connectivity index (χ2n) is 5.21. The lowest BCUT2D eigenvalue weighted by Crippen LogP contribution is -2.39. The quantitative estimate of drug-likeness (QED) is 0.262. The van der Waals surface area contributed by atoms with Crippen LogP contribution in [0.2, 0.25) is 0 Å². The van der Waals surface area contributed by atoms with Crippen LogP contribution in [0.15, 0.2) is 47.5 Å². The molecule has 0 aromatic heterocycles. The number of guanidine groups is 1. The Morgan fingerprint density at radius 2 is 1.80 bits per heavy atom. The van der Waals surface area contributed by atoms with Crippen molar-refractivity contribution >= 4 is 40.7 Å². The van der Waals surface area contributed by atoms with E-state index < -0.39 is 0 Å². The zero-order valence-electron chi connectivity index (χ0n) is 15.0. The van der Waals surface area contributed by atoms with Gasteiger partial charge in [-0.05, 0) is 25.3 Å². The fourth-order valence-corrected chi connectivity index (χ4v) is 2.36. The minimum Gasteiger partial charge on any atom is -0.491 e. The van der Waals surface area contributed by atoms with E-state index in [1.165, 1.54) is 5.39 Å². The number of fused-ring (bicyclic) bond motifs is 1. The molecule has 0 aliphatic carbocycles. The van der Waals surface area contributed by atoms with Gasteiger partial charge in [0.25, 0.3) is 0 Å². The van der Waals surface area contributed by atoms with Crippen LogP contribution in [0.4, 0.5) is 0 Å². The van der Waals surface area contributed by atoms with Crippen LogP contribution in [0.3, 0.4) is 0 Å². The van der Waals surface area contributed by atoms with Gasteiger partial charge in [-0.1, -0.05) is 36.4 Å². The van der Waals surface area contributed by atoms with E-state index in [9.17, 15) is 0 Å². The Morgan fingerprint density at radius 3 is 2.60 bits per heavy atom. The normalized spacial score (nSPS) is 11.0. The van der Waals surface area contributed by atoms with Crippen molar-refractivity contribution in [1.29, 1.82) is 0 Å². The Hall–Kier alpha value is -1.54. The fourth-order valence-electron chi connectivity index (χ4n) is 2.36. The minimum absolute atomic E-state index is 0. The van der Waals surface area contributed by atoms with E-state index in [0.29, 0.717) is 26.3 Å². The summed E-state index contributed by atoms with van der Waals surface area (Å²) >= 11 is 0. The number of nitrogens with zero attached hydrogens (tertiary/aromatic N) is 1. The predicted octanol–water partition coefficient (Wildman–Crippen LogP) is 3.43. The second-order valence-corrected chi connectivity index (χ2v) is 5.21. The Morgan fingerprint density at radius 1 is 1.00 bits per heavy atom. The van der Waals surface area contributed by atoms with Gasteiger partial charge < -0.3 is 20.1 Å². The predicted molar refractivity (Wildman–Crippen MR) is 115 cm³/mol. The minimum atomic E-state index is 0. The topological polar surface area (TPSA) is 54.9 Å². The molecular formula is C19H28IN3O2. The van der Waals surface area contributed by atoms with E-state index in [0.717, 1.165) is 30.2 Å². The first-order chi connectivity index (χ1) is 11.8. The fraction of sp³-hybridized carbons (Fsp3) is 0.421. The maximum absolute atomic E-state index is 5.92. The number of aliphatic imine (C=N–C) groups is 1. The van der Waals surface area contributed by atoms with Gasteiger partial charge >= 0.3 is 0 Å². The van der Waals surface area contributed by atoms with Crippen molar-refractivity contribution in [3.05, 3.63) is 42.5 Å². The van der Waals surface area contributed by atoms with E-state index in [2.05, 4.69) is 33.8 Å². The van der Waals surface area contributed by atoms with Gasteiger partial charge in [-0.3, -0.25) is 4.99 Å². The van der Waals surface area contributed by atoms with Crippen LogP contribution in [-0.4, -0.2) is 45.4 Å². The van der Waals surface area contributed by atoms with Crippen LogP contribution in [0.1, 0.15) is 13.8 Å². The summed E-state index contributed by atoms with van der Waals surface area (Å²) in [5.41, 5.74) is 0. The van der Waals surface area contributed by atoms with Gasteiger partial charge in [0, 0.05) is 18.5 Å². The zero-order valence-corrected chi connectivity index (χ0v) is 17.3. The maximum Gasteiger partial charge on any atom is 0.191 e. The lowest BCUT2D eigenvalue weighted by molar-refractivity contribution is 0.155. The maximum atomic E-state index is 5.92. The molecule has 0 aliphatic heterocycles. The van der Waals surface area contributed by atoms with Gasteiger partial charge in [0.1, 0.15) is 12.4 Å². The summed E-state index contributed by atoms with van der Waals surface area (Å²) in [6, 6.07) is 14.4. The third-order valence-electron chi connectivity index (χ3n) is 3.46. The van der Waals surface area contributed by atoms with E-state index >= 15 is 0 Å². The van der Waals surface area contributed by atoms with Crippen LogP contribution in [0.25, 0.3) is 10.8 Å². The summed E-state index contributed by atoms with van der Waals surface area (Å²) in [7, 11) is 0. The molecule has 0 heterocycles. The molecule has 2 N–H and O–H groups in total. The highest BCUT2D eigenvalue weighted by molar-refractivity contribution is 14.0. The SMILES string of the molecule is CCNC(=NCCOCC)NCCOc1cccc2ccccc12.I. The molecule has 25 heavy (non-hydrogen) atoms. The molecule has 2 aromatic rings. The average Bonchev–Trinajstić information content (AvgIpc) is 2.62. The molecule has 0 atom stereocenters. The summed E-state index contributed by atoms with van der Waals surface area (Å²) in [6.07, 6.45) is 0. The third kappa shape index (κ3) is 7.48. The number of hydrogen-bond acceptors (Lipinski definition) is 3. The van der Waals surface area contributed by atoms with Gasteiger partial charge in [0.2, 0.25) is 0 Å². The van der Waals surface area contributed by atoms with Gasteiger partial charge in [0.05, 0.1) is 19.7 Å². The number of ether oxygens (including phenoxy) is 2. The highest BCUT2D eigenvalue weighted by atomic mass is 127. The first-order valence-electron chi connectivity index (χ1n) is 8.55. The molecular weight excluding hydrogens is 429 g/mol. The molecule has 0 spiro atoms. The zero-order chi connectivity index (χ0) is 17.0. The first kappa shape index (κ1) is 21.5. The highest BCUT2D eigenvalue weighted by Gasteiger charge is 2.01. The summed E-state index contributed by atoms with van der Waals surface area (Å²) in [5, 5.41) is 8.81. The van der Waals surface area contributed by atoms with Crippen molar-refractivity contribution in [2.45, 2.75) is 13.8 Å². The lowest BCUT2D eigenvalue weighted by Gasteiger charge is -2.13.